The number of hydrogen-bond acceptors (Lipinski definition) is 4. The number of nitrogens with two attached hydrogens (primary N) is 1. The third-order valence-electron chi connectivity index (χ3n) is 6.15. The van der Waals surface area contributed by atoms with Crippen molar-refractivity contribution in [3.63, 3.8) is 0 Å². The van der Waals surface area contributed by atoms with Crippen LogP contribution in [0.1, 0.15) is 37.8 Å². The third-order valence-corrected chi connectivity index (χ3v) is 6.52. The van der Waals surface area contributed by atoms with Crippen LogP contribution in [-0.4, -0.2) is 35.1 Å². The number of rotatable bonds is 7. The first-order valence-electron chi connectivity index (χ1n) is 12.1. The van der Waals surface area contributed by atoms with Crippen molar-refractivity contribution in [1.29, 1.82) is 0 Å². The number of amides is 2. The molecule has 186 valence electrons. The molecule has 7 heteroatoms. The van der Waals surface area contributed by atoms with Crippen LogP contribution in [0.15, 0.2) is 78.9 Å². The van der Waals surface area contributed by atoms with E-state index in [0.717, 1.165) is 27.9 Å². The summed E-state index contributed by atoms with van der Waals surface area (Å²) in [6, 6.07) is 25.2. The molecule has 0 radical (unpaired) electrons. The molecule has 36 heavy (non-hydrogen) atoms. The first-order chi connectivity index (χ1) is 17.2. The van der Waals surface area contributed by atoms with Gasteiger partial charge in [-0.25, -0.2) is 0 Å². The molecule has 0 saturated carbocycles. The fourth-order valence-corrected chi connectivity index (χ4v) is 4.71. The minimum Gasteiger partial charge on any atom is -0.358 e. The van der Waals surface area contributed by atoms with Crippen LogP contribution < -0.4 is 21.3 Å². The lowest BCUT2D eigenvalue weighted by Crippen LogP contribution is -2.52. The number of nitrogens with zero attached hydrogens (tertiary/aromatic N) is 1. The predicted molar refractivity (Wildman–Crippen MR) is 149 cm³/mol. The average Bonchev–Trinajstić information content (AvgIpc) is 2.98. The Kier molecular flexibility index (Phi) is 7.82. The van der Waals surface area contributed by atoms with E-state index in [4.69, 9.17) is 18.0 Å². The molecule has 2 amide bonds. The lowest BCUT2D eigenvalue weighted by Gasteiger charge is -2.28. The highest BCUT2D eigenvalue weighted by Crippen LogP contribution is 2.27. The van der Waals surface area contributed by atoms with Crippen molar-refractivity contribution in [1.82, 2.24) is 10.6 Å². The van der Waals surface area contributed by atoms with Crippen molar-refractivity contribution in [2.75, 3.05) is 11.6 Å². The van der Waals surface area contributed by atoms with Crippen LogP contribution >= 0.6 is 12.2 Å². The van der Waals surface area contributed by atoms with Gasteiger partial charge >= 0.3 is 0 Å². The van der Waals surface area contributed by atoms with Gasteiger partial charge in [0.05, 0.1) is 6.67 Å². The number of carbonyl (C=O) groups excluding carboxylic acids is 2. The molecule has 1 heterocycles. The van der Waals surface area contributed by atoms with Crippen LogP contribution in [0.4, 0.5) is 5.69 Å². The molecular formula is C29H32N4O2S. The van der Waals surface area contributed by atoms with E-state index >= 15 is 0 Å². The van der Waals surface area contributed by atoms with E-state index in [-0.39, 0.29) is 24.9 Å². The second kappa shape index (κ2) is 11.0. The van der Waals surface area contributed by atoms with Crippen molar-refractivity contribution in [2.24, 2.45) is 5.73 Å². The molecule has 0 aliphatic carbocycles. The number of carbonyl (C=O) groups is 2. The van der Waals surface area contributed by atoms with Crippen molar-refractivity contribution >= 4 is 34.7 Å². The fourth-order valence-electron chi connectivity index (χ4n) is 4.47. The largest absolute Gasteiger partial charge is 0.358 e. The van der Waals surface area contributed by atoms with Crippen LogP contribution in [0, 0.1) is 0 Å². The Morgan fingerprint density at radius 1 is 1.03 bits per heavy atom. The maximum absolute atomic E-state index is 13.6. The summed E-state index contributed by atoms with van der Waals surface area (Å²) < 4.78 is 0. The Labute approximate surface area is 217 Å². The van der Waals surface area contributed by atoms with Gasteiger partial charge in [0.25, 0.3) is 5.91 Å². The Balaban J connectivity index is 1.55. The van der Waals surface area contributed by atoms with Gasteiger partial charge in [0, 0.05) is 23.2 Å². The zero-order valence-electron chi connectivity index (χ0n) is 20.7. The van der Waals surface area contributed by atoms with Crippen LogP contribution in [0.2, 0.25) is 0 Å². The summed E-state index contributed by atoms with van der Waals surface area (Å²) in [7, 11) is 0. The molecule has 0 unspecified atom stereocenters. The Morgan fingerprint density at radius 2 is 1.69 bits per heavy atom. The zero-order chi connectivity index (χ0) is 25.7. The summed E-state index contributed by atoms with van der Waals surface area (Å²) in [6.07, 6.45) is 1.34. The van der Waals surface area contributed by atoms with E-state index in [2.05, 4.69) is 10.6 Å². The number of aryl methyl sites for hydroxylation is 1. The average molecular weight is 501 g/mol. The fraction of sp³-hybridized carbons (Fsp3) is 0.276. The van der Waals surface area contributed by atoms with Crippen molar-refractivity contribution < 1.29 is 9.59 Å². The molecule has 1 aliphatic rings. The molecule has 1 aliphatic heterocycles. The topological polar surface area (TPSA) is 87.5 Å². The highest BCUT2D eigenvalue weighted by molar-refractivity contribution is 7.80. The monoisotopic (exact) mass is 500 g/mol. The van der Waals surface area contributed by atoms with E-state index in [1.54, 1.807) is 18.7 Å². The molecule has 0 fully saturated rings. The molecule has 0 saturated heterocycles. The van der Waals surface area contributed by atoms with E-state index in [1.807, 2.05) is 78.9 Å². The summed E-state index contributed by atoms with van der Waals surface area (Å²) in [5, 5.41) is 6.20. The van der Waals surface area contributed by atoms with Gasteiger partial charge in [-0.05, 0) is 49.4 Å². The number of para-hydroxylation sites is 1. The standard InChI is InChI=1S/C29H32N4O2S/c1-29(2,30)18-26(34)32-24-17-16-21-12-6-9-15-25(21)33(28(24)35)19-31-27(36)23-14-8-7-13-22(23)20-10-4-3-5-11-20/h3-15,24H,16-19,30H2,1-2H3,(H,31,36)(H,32,34)/t24-/m1/s1. The Hall–Kier alpha value is -3.55. The quantitative estimate of drug-likeness (QED) is 0.424. The summed E-state index contributed by atoms with van der Waals surface area (Å²) >= 11 is 5.77. The van der Waals surface area contributed by atoms with Crippen molar-refractivity contribution in [3.05, 3.63) is 90.0 Å². The Morgan fingerprint density at radius 3 is 2.44 bits per heavy atom. The number of benzene rings is 3. The number of nitrogens with one attached hydrogen (secondary N) is 2. The minimum absolute atomic E-state index is 0.141. The molecule has 0 spiro atoms. The zero-order valence-corrected chi connectivity index (χ0v) is 21.5. The van der Waals surface area contributed by atoms with Crippen LogP contribution in [-0.2, 0) is 16.0 Å². The normalized spacial score (nSPS) is 15.6. The lowest BCUT2D eigenvalue weighted by molar-refractivity contribution is -0.128. The molecule has 3 aromatic carbocycles. The van der Waals surface area contributed by atoms with Crippen LogP contribution in [0.3, 0.4) is 0 Å². The summed E-state index contributed by atoms with van der Waals surface area (Å²) in [4.78, 5) is 28.5. The van der Waals surface area contributed by atoms with Gasteiger partial charge < -0.3 is 16.4 Å². The maximum atomic E-state index is 13.6. The SMILES string of the molecule is CC(C)(N)CC(=O)N[C@@H]1CCc2ccccc2N(CNC(=S)c2ccccc2-c2ccccc2)C1=O. The maximum Gasteiger partial charge on any atom is 0.251 e. The number of fused-ring (bicyclic) bond motifs is 1. The molecule has 3 aromatic rings. The lowest BCUT2D eigenvalue weighted by atomic mass is 10.00. The number of anilines is 1. The number of hydrogen-bond donors (Lipinski definition) is 3. The second-order valence-corrected chi connectivity index (χ2v) is 10.2. The van der Waals surface area contributed by atoms with Crippen molar-refractivity contribution in [3.8, 4) is 11.1 Å². The molecule has 1 atom stereocenters. The first-order valence-corrected chi connectivity index (χ1v) is 12.5. The molecule has 4 N–H and O–H groups in total. The van der Waals surface area contributed by atoms with Crippen LogP contribution in [0.5, 0.6) is 0 Å². The van der Waals surface area contributed by atoms with Gasteiger partial charge in [-0.2, -0.15) is 0 Å². The number of thiocarbonyl (C=S) groups is 1. The van der Waals surface area contributed by atoms with Crippen LogP contribution in [0.25, 0.3) is 11.1 Å². The molecule has 4 rings (SSSR count). The summed E-state index contributed by atoms with van der Waals surface area (Å²) in [5.74, 6) is -0.401. The van der Waals surface area contributed by atoms with Gasteiger partial charge in [-0.15, -0.1) is 0 Å². The molecule has 0 bridgehead atoms. The predicted octanol–water partition coefficient (Wildman–Crippen LogP) is 4.17. The van der Waals surface area contributed by atoms with E-state index < -0.39 is 11.6 Å². The molecule has 6 nitrogen and oxygen atoms in total. The first kappa shape index (κ1) is 25.5. The van der Waals surface area contributed by atoms with E-state index in [0.29, 0.717) is 17.8 Å². The van der Waals surface area contributed by atoms with Gasteiger partial charge in [0.15, 0.2) is 0 Å². The van der Waals surface area contributed by atoms with Crippen molar-refractivity contribution in [2.45, 2.75) is 44.7 Å². The van der Waals surface area contributed by atoms with Gasteiger partial charge in [0.2, 0.25) is 5.91 Å². The van der Waals surface area contributed by atoms with Gasteiger partial charge in [0.1, 0.15) is 11.0 Å². The second-order valence-electron chi connectivity index (χ2n) is 9.79. The summed E-state index contributed by atoms with van der Waals surface area (Å²) in [6.45, 7) is 3.77. The van der Waals surface area contributed by atoms with E-state index in [1.165, 1.54) is 0 Å². The minimum atomic E-state index is -0.652. The summed E-state index contributed by atoms with van der Waals surface area (Å²) in [5.41, 5.74) is 10.2. The highest BCUT2D eigenvalue weighted by Gasteiger charge is 2.32. The third kappa shape index (κ3) is 6.17. The Bertz CT molecular complexity index is 1250. The molecular weight excluding hydrogens is 468 g/mol. The molecule has 0 aromatic heterocycles. The van der Waals surface area contributed by atoms with Gasteiger partial charge in [-0.1, -0.05) is 85.0 Å². The highest BCUT2D eigenvalue weighted by atomic mass is 32.1. The van der Waals surface area contributed by atoms with E-state index in [9.17, 15) is 9.59 Å². The van der Waals surface area contributed by atoms with Gasteiger partial charge in [-0.3, -0.25) is 14.5 Å². The smallest absolute Gasteiger partial charge is 0.251 e.